The maximum Gasteiger partial charge on any atom is 0.416 e. The number of nitrogens with zero attached hydrogens (tertiary/aromatic N) is 1. The van der Waals surface area contributed by atoms with Gasteiger partial charge in [-0.15, -0.1) is 0 Å². The highest BCUT2D eigenvalue weighted by molar-refractivity contribution is 7.90. The van der Waals surface area contributed by atoms with Gasteiger partial charge < -0.3 is 14.6 Å². The van der Waals surface area contributed by atoms with E-state index >= 15 is 0 Å². The Hall–Kier alpha value is -3.50. The Balaban J connectivity index is 2.00. The molecular formula is C28H29F3N2O4S. The standard InChI is InChI=1S/C28H29F3N2O4S/c1-4-5-14-37-15-13-21-16-25(26(34)32-18-20-9-11-24(12-10-20)38(3)36)27(35)33(19(21)2)23-8-6-7-22(17-23)28(29,30)31/h6-13,15-17H,4-5,14,18H2,1-3H3,(H,32,34). The van der Waals surface area contributed by atoms with E-state index in [4.69, 9.17) is 4.74 Å². The van der Waals surface area contributed by atoms with Crippen LogP contribution in [-0.4, -0.2) is 27.9 Å². The minimum absolute atomic E-state index is 0.0123. The molecule has 0 aliphatic rings. The molecule has 0 fully saturated rings. The van der Waals surface area contributed by atoms with Gasteiger partial charge in [-0.3, -0.25) is 14.2 Å². The van der Waals surface area contributed by atoms with Gasteiger partial charge in [-0.25, -0.2) is 0 Å². The van der Waals surface area contributed by atoms with Crippen molar-refractivity contribution in [2.24, 2.45) is 0 Å². The summed E-state index contributed by atoms with van der Waals surface area (Å²) in [5.74, 6) is -0.680. The first-order valence-corrected chi connectivity index (χ1v) is 13.5. The monoisotopic (exact) mass is 546 g/mol. The molecule has 0 aliphatic heterocycles. The van der Waals surface area contributed by atoms with Crippen LogP contribution in [0, 0.1) is 6.92 Å². The minimum atomic E-state index is -4.60. The van der Waals surface area contributed by atoms with E-state index in [1.54, 1.807) is 43.5 Å². The molecule has 3 aromatic rings. The van der Waals surface area contributed by atoms with Crippen LogP contribution in [0.2, 0.25) is 0 Å². The Morgan fingerprint density at radius 3 is 2.50 bits per heavy atom. The zero-order valence-corrected chi connectivity index (χ0v) is 22.1. The normalized spacial score (nSPS) is 12.5. The maximum absolute atomic E-state index is 13.4. The van der Waals surface area contributed by atoms with Crippen molar-refractivity contribution >= 4 is 23.2 Å². The van der Waals surface area contributed by atoms with Crippen molar-refractivity contribution in [2.45, 2.75) is 44.3 Å². The molecule has 0 spiro atoms. The Labute approximate surface area is 222 Å². The van der Waals surface area contributed by atoms with Gasteiger partial charge in [-0.1, -0.05) is 31.5 Å². The van der Waals surface area contributed by atoms with E-state index in [-0.39, 0.29) is 17.8 Å². The fourth-order valence-electron chi connectivity index (χ4n) is 3.68. The van der Waals surface area contributed by atoms with Gasteiger partial charge in [0.2, 0.25) is 0 Å². The third-order valence-corrected chi connectivity index (χ3v) is 6.77. The van der Waals surface area contributed by atoms with Gasteiger partial charge in [0.25, 0.3) is 11.5 Å². The number of amides is 1. The highest BCUT2D eigenvalue weighted by atomic mass is 32.2. The summed E-state index contributed by atoms with van der Waals surface area (Å²) in [7, 11) is 0. The second kappa shape index (κ2) is 12.8. The van der Waals surface area contributed by atoms with Crippen molar-refractivity contribution in [3.63, 3.8) is 0 Å². The zero-order valence-electron chi connectivity index (χ0n) is 21.3. The molecule has 0 radical (unpaired) electrons. The van der Waals surface area contributed by atoms with Crippen LogP contribution in [0.25, 0.3) is 11.8 Å². The molecule has 0 aliphatic carbocycles. The number of halogens is 3. The van der Waals surface area contributed by atoms with Crippen LogP contribution in [0.4, 0.5) is 13.2 Å². The highest BCUT2D eigenvalue weighted by Gasteiger charge is 2.31. The van der Waals surface area contributed by atoms with Crippen molar-refractivity contribution in [1.29, 1.82) is 0 Å². The smallest absolute Gasteiger partial charge is 0.416 e. The van der Waals surface area contributed by atoms with E-state index in [1.165, 1.54) is 24.5 Å². The number of aromatic nitrogens is 1. The summed E-state index contributed by atoms with van der Waals surface area (Å²) < 4.78 is 58.3. The molecular weight excluding hydrogens is 517 g/mol. The lowest BCUT2D eigenvalue weighted by molar-refractivity contribution is -0.137. The van der Waals surface area contributed by atoms with Crippen molar-refractivity contribution in [3.8, 4) is 5.69 Å². The van der Waals surface area contributed by atoms with Gasteiger partial charge >= 0.3 is 6.18 Å². The molecule has 1 amide bonds. The molecule has 1 atom stereocenters. The quantitative estimate of drug-likeness (QED) is 0.203. The number of alkyl halides is 3. The van der Waals surface area contributed by atoms with Crippen LogP contribution in [-0.2, 0) is 28.6 Å². The zero-order chi connectivity index (χ0) is 27.9. The lowest BCUT2D eigenvalue weighted by atomic mass is 10.1. The first-order chi connectivity index (χ1) is 18.0. The molecule has 1 N–H and O–H groups in total. The average molecular weight is 547 g/mol. The Kier molecular flexibility index (Phi) is 9.82. The van der Waals surface area contributed by atoms with E-state index in [1.807, 2.05) is 6.92 Å². The van der Waals surface area contributed by atoms with Gasteiger partial charge in [-0.2, -0.15) is 13.2 Å². The van der Waals surface area contributed by atoms with E-state index < -0.39 is 34.4 Å². The van der Waals surface area contributed by atoms with Gasteiger partial charge in [0.1, 0.15) is 11.8 Å². The SMILES string of the molecule is CCCCOC=Cc1cc(C(=O)NCc2ccc([S+](C)[O-])cc2)c(=O)n(-c2cccc(C(F)(F)F)c2)c1C. The van der Waals surface area contributed by atoms with Crippen LogP contribution < -0.4 is 10.9 Å². The fourth-order valence-corrected chi connectivity index (χ4v) is 4.20. The molecule has 1 aromatic heterocycles. The van der Waals surface area contributed by atoms with Gasteiger partial charge in [0.05, 0.1) is 18.4 Å². The van der Waals surface area contributed by atoms with Gasteiger partial charge in [0, 0.05) is 17.9 Å². The third-order valence-electron chi connectivity index (χ3n) is 5.83. The second-order valence-corrected chi connectivity index (χ2v) is 9.97. The first-order valence-electron chi connectivity index (χ1n) is 12.0. The number of carbonyl (C=O) groups is 1. The molecule has 3 rings (SSSR count). The number of rotatable bonds is 10. The van der Waals surface area contributed by atoms with Crippen molar-refractivity contribution in [1.82, 2.24) is 9.88 Å². The summed E-state index contributed by atoms with van der Waals surface area (Å²) >= 11 is -1.14. The maximum atomic E-state index is 13.4. The molecule has 38 heavy (non-hydrogen) atoms. The third kappa shape index (κ3) is 7.29. The predicted molar refractivity (Wildman–Crippen MR) is 142 cm³/mol. The topological polar surface area (TPSA) is 83.4 Å². The van der Waals surface area contributed by atoms with E-state index in [9.17, 15) is 27.3 Å². The molecule has 202 valence electrons. The lowest BCUT2D eigenvalue weighted by Gasteiger charge is -2.17. The molecule has 1 heterocycles. The van der Waals surface area contributed by atoms with Crippen LogP contribution in [0.3, 0.4) is 0 Å². The lowest BCUT2D eigenvalue weighted by Crippen LogP contribution is -2.33. The summed E-state index contributed by atoms with van der Waals surface area (Å²) in [5, 5.41) is 2.69. The van der Waals surface area contributed by atoms with Crippen LogP contribution >= 0.6 is 0 Å². The minimum Gasteiger partial charge on any atom is -0.612 e. The number of carbonyl (C=O) groups excluding carboxylic acids is 1. The molecule has 2 aromatic carbocycles. The van der Waals surface area contributed by atoms with E-state index in [2.05, 4.69) is 5.32 Å². The number of ether oxygens (including phenoxy) is 1. The second-order valence-electron chi connectivity index (χ2n) is 8.60. The van der Waals surface area contributed by atoms with E-state index in [0.717, 1.165) is 35.1 Å². The van der Waals surface area contributed by atoms with Crippen molar-refractivity contribution in [2.75, 3.05) is 12.9 Å². The van der Waals surface area contributed by atoms with Crippen LogP contribution in [0.5, 0.6) is 0 Å². The summed E-state index contributed by atoms with van der Waals surface area (Å²) in [6, 6.07) is 12.6. The predicted octanol–water partition coefficient (Wildman–Crippen LogP) is 5.62. The largest absolute Gasteiger partial charge is 0.612 e. The summed E-state index contributed by atoms with van der Waals surface area (Å²) in [6.07, 6.45) is 1.77. The van der Waals surface area contributed by atoms with E-state index in [0.29, 0.717) is 22.8 Å². The summed E-state index contributed by atoms with van der Waals surface area (Å²) in [5.41, 5.74) is -0.382. The molecule has 0 bridgehead atoms. The highest BCUT2D eigenvalue weighted by Crippen LogP contribution is 2.30. The number of benzene rings is 2. The number of unbranched alkanes of at least 4 members (excludes halogenated alkanes) is 1. The van der Waals surface area contributed by atoms with Crippen molar-refractivity contribution in [3.05, 3.63) is 99.2 Å². The first kappa shape index (κ1) is 29.1. The molecule has 1 unspecified atom stereocenters. The molecule has 0 saturated carbocycles. The Morgan fingerprint density at radius 2 is 1.87 bits per heavy atom. The Morgan fingerprint density at radius 1 is 1.16 bits per heavy atom. The molecule has 10 heteroatoms. The number of hydrogen-bond donors (Lipinski definition) is 1. The number of pyridine rings is 1. The molecule has 6 nitrogen and oxygen atoms in total. The number of hydrogen-bond acceptors (Lipinski definition) is 4. The summed E-state index contributed by atoms with van der Waals surface area (Å²) in [6.45, 7) is 4.19. The molecule has 0 saturated heterocycles. The Bertz CT molecular complexity index is 1350. The van der Waals surface area contributed by atoms with Gasteiger partial charge in [0.15, 0.2) is 4.90 Å². The fraction of sp³-hybridized carbons (Fsp3) is 0.286. The number of nitrogens with one attached hydrogen (secondary N) is 1. The van der Waals surface area contributed by atoms with Crippen LogP contribution in [0.15, 0.2) is 70.5 Å². The van der Waals surface area contributed by atoms with Gasteiger partial charge in [-0.05, 0) is 78.1 Å². The van der Waals surface area contributed by atoms with Crippen LogP contribution in [0.1, 0.15) is 52.5 Å². The average Bonchev–Trinajstić information content (AvgIpc) is 2.88. The van der Waals surface area contributed by atoms with Crippen molar-refractivity contribution < 1.29 is 27.3 Å². The summed E-state index contributed by atoms with van der Waals surface area (Å²) in [4.78, 5) is 27.2.